The minimum atomic E-state index is -1.31. The van der Waals surface area contributed by atoms with E-state index in [9.17, 15) is 0 Å². The number of nitrogens with zero attached hydrogens (tertiary/aromatic N) is 3. The van der Waals surface area contributed by atoms with Gasteiger partial charge in [-0.05, 0) is 57.0 Å². The number of rotatable bonds is 12. The molecule has 0 aromatic carbocycles. The van der Waals surface area contributed by atoms with Crippen LogP contribution in [0.3, 0.4) is 0 Å². The fourth-order valence-electron chi connectivity index (χ4n) is 3.27. The van der Waals surface area contributed by atoms with Crippen molar-refractivity contribution in [1.29, 1.82) is 0 Å². The first kappa shape index (κ1) is 22.4. The Bertz CT molecular complexity index is 226. The van der Waals surface area contributed by atoms with Gasteiger partial charge in [0.15, 0.2) is 0 Å². The fraction of sp³-hybridized carbons (Fsp3) is 1.00. The Hall–Kier alpha value is 0.412. The molecule has 132 valence electrons. The highest BCUT2D eigenvalue weighted by Gasteiger charge is 2.43. The molecule has 0 aliphatic rings. The maximum absolute atomic E-state index is 2.84. The standard InChI is InChI=1S/3C6H14N.Al/c3*1-4-5-7-6(2)3;/h3*6H,4-5H2,1-3H3;/q3*-1;+3. The molecule has 0 aromatic heterocycles. The summed E-state index contributed by atoms with van der Waals surface area (Å²) < 4.78 is 8.52. The first-order valence-electron chi connectivity index (χ1n) is 9.58. The van der Waals surface area contributed by atoms with Crippen LogP contribution >= 0.6 is 0 Å². The smallest absolute Gasteiger partial charge is 0.355 e. The van der Waals surface area contributed by atoms with Gasteiger partial charge < -0.3 is 11.7 Å². The van der Waals surface area contributed by atoms with E-state index in [-0.39, 0.29) is 0 Å². The van der Waals surface area contributed by atoms with Crippen molar-refractivity contribution in [3.8, 4) is 0 Å². The van der Waals surface area contributed by atoms with E-state index >= 15 is 0 Å². The molecule has 0 atom stereocenters. The number of hydrogen-bond acceptors (Lipinski definition) is 3. The zero-order valence-electron chi connectivity index (χ0n) is 16.9. The predicted molar refractivity (Wildman–Crippen MR) is 102 cm³/mol. The summed E-state index contributed by atoms with van der Waals surface area (Å²) in [5.74, 6) is 0. The predicted octanol–water partition coefficient (Wildman–Crippen LogP) is 4.33. The molecule has 0 saturated carbocycles. The third-order valence-corrected chi connectivity index (χ3v) is 8.67. The third-order valence-electron chi connectivity index (χ3n) is 4.33. The summed E-state index contributed by atoms with van der Waals surface area (Å²) in [5.41, 5.74) is 0. The van der Waals surface area contributed by atoms with Gasteiger partial charge >= 0.3 is 14.8 Å². The van der Waals surface area contributed by atoms with Crippen LogP contribution in [0, 0.1) is 0 Å². The topological polar surface area (TPSA) is 9.72 Å². The lowest BCUT2D eigenvalue weighted by Crippen LogP contribution is -2.68. The molecule has 0 radical (unpaired) electrons. The zero-order valence-corrected chi connectivity index (χ0v) is 18.0. The first-order chi connectivity index (χ1) is 10.3. The van der Waals surface area contributed by atoms with E-state index in [1.165, 1.54) is 38.9 Å². The zero-order chi connectivity index (χ0) is 17.3. The molecule has 0 aliphatic heterocycles. The van der Waals surface area contributed by atoms with Gasteiger partial charge in [0.1, 0.15) is 0 Å². The summed E-state index contributed by atoms with van der Waals surface area (Å²) >= 11 is -1.31. The van der Waals surface area contributed by atoms with Gasteiger partial charge in [-0.3, -0.25) is 0 Å². The van der Waals surface area contributed by atoms with Crippen LogP contribution in [0.5, 0.6) is 0 Å². The average Bonchev–Trinajstić information content (AvgIpc) is 2.43. The van der Waals surface area contributed by atoms with Gasteiger partial charge in [-0.2, -0.15) is 0 Å². The quantitative estimate of drug-likeness (QED) is 0.494. The molecule has 0 heterocycles. The Kier molecular flexibility index (Phi) is 12.1. The van der Waals surface area contributed by atoms with Gasteiger partial charge in [-0.15, -0.1) is 0 Å². The number of hydrogen-bond donors (Lipinski definition) is 0. The third kappa shape index (κ3) is 6.89. The summed E-state index contributed by atoms with van der Waals surface area (Å²) in [6.45, 7) is 24.9. The Morgan fingerprint density at radius 1 is 0.545 bits per heavy atom. The molecular weight excluding hydrogens is 285 g/mol. The second-order valence-corrected chi connectivity index (χ2v) is 10.0. The molecule has 4 heteroatoms. The Morgan fingerprint density at radius 2 is 0.773 bits per heavy atom. The molecular formula is C18H42AlN3. The van der Waals surface area contributed by atoms with Crippen LogP contribution in [0.25, 0.3) is 0 Å². The maximum atomic E-state index is 2.84. The highest BCUT2D eigenvalue weighted by molar-refractivity contribution is 6.50. The summed E-state index contributed by atoms with van der Waals surface area (Å²) in [7, 11) is 0. The van der Waals surface area contributed by atoms with Gasteiger partial charge in [0, 0.05) is 0 Å². The van der Waals surface area contributed by atoms with Crippen LogP contribution in [0.4, 0.5) is 0 Å². The van der Waals surface area contributed by atoms with Gasteiger partial charge in [0.05, 0.1) is 0 Å². The van der Waals surface area contributed by atoms with Crippen LogP contribution in [-0.2, 0) is 0 Å². The highest BCUT2D eigenvalue weighted by atomic mass is 27.2. The minimum Gasteiger partial charge on any atom is -0.355 e. The van der Waals surface area contributed by atoms with E-state index in [1.807, 2.05) is 0 Å². The first-order valence-corrected chi connectivity index (χ1v) is 11.1. The van der Waals surface area contributed by atoms with Crippen molar-refractivity contribution in [3.63, 3.8) is 0 Å². The molecule has 0 bridgehead atoms. The molecule has 0 rings (SSSR count). The van der Waals surface area contributed by atoms with Gasteiger partial charge in [0.25, 0.3) is 0 Å². The van der Waals surface area contributed by atoms with Crippen LogP contribution in [0.1, 0.15) is 81.6 Å². The Morgan fingerprint density at radius 3 is 0.909 bits per heavy atom. The van der Waals surface area contributed by atoms with E-state index in [0.29, 0.717) is 18.1 Å². The maximum Gasteiger partial charge on any atom is 0.609 e. The molecule has 3 nitrogen and oxygen atoms in total. The van der Waals surface area contributed by atoms with Crippen LogP contribution in [0.15, 0.2) is 0 Å². The normalized spacial score (nSPS) is 12.7. The second kappa shape index (κ2) is 11.9. The summed E-state index contributed by atoms with van der Waals surface area (Å²) in [4.78, 5) is 0. The monoisotopic (exact) mass is 327 g/mol. The fourth-order valence-corrected chi connectivity index (χ4v) is 7.48. The van der Waals surface area contributed by atoms with Crippen LogP contribution in [0.2, 0.25) is 0 Å². The van der Waals surface area contributed by atoms with Crippen molar-refractivity contribution < 1.29 is 0 Å². The molecule has 0 N–H and O–H groups in total. The molecule has 0 fully saturated rings. The van der Waals surface area contributed by atoms with Crippen molar-refractivity contribution in [2.24, 2.45) is 0 Å². The van der Waals surface area contributed by atoms with Gasteiger partial charge in [-0.1, -0.05) is 62.3 Å². The van der Waals surface area contributed by atoms with Gasteiger partial charge in [-0.25, -0.2) is 0 Å². The Labute approximate surface area is 146 Å². The average molecular weight is 328 g/mol. The SMILES string of the molecule is CCC[N](C(C)C)[Al]([N](CCC)C(C)C)[N](CCC)C(C)C. The molecule has 0 saturated heterocycles. The van der Waals surface area contributed by atoms with E-state index in [1.54, 1.807) is 0 Å². The lowest BCUT2D eigenvalue weighted by Gasteiger charge is -2.46. The van der Waals surface area contributed by atoms with E-state index < -0.39 is 14.8 Å². The lowest BCUT2D eigenvalue weighted by molar-refractivity contribution is 0.202. The summed E-state index contributed by atoms with van der Waals surface area (Å²) in [5, 5.41) is 0. The highest BCUT2D eigenvalue weighted by Crippen LogP contribution is 2.18. The molecule has 0 unspecified atom stereocenters. The van der Waals surface area contributed by atoms with E-state index in [2.05, 4.69) is 74.0 Å². The molecule has 0 aromatic rings. The summed E-state index contributed by atoms with van der Waals surface area (Å²) in [6, 6.07) is 1.90. The molecule has 0 spiro atoms. The Balaban J connectivity index is 5.67. The largest absolute Gasteiger partial charge is 0.609 e. The summed E-state index contributed by atoms with van der Waals surface area (Å²) in [6.07, 6.45) is 3.74. The van der Waals surface area contributed by atoms with Crippen molar-refractivity contribution in [1.82, 2.24) is 11.7 Å². The molecule has 0 aliphatic carbocycles. The molecule has 0 amide bonds. The van der Waals surface area contributed by atoms with Crippen LogP contribution < -0.4 is 0 Å². The van der Waals surface area contributed by atoms with Crippen molar-refractivity contribution >= 4 is 14.8 Å². The van der Waals surface area contributed by atoms with Crippen molar-refractivity contribution in [2.45, 2.75) is 99.7 Å². The second-order valence-electron chi connectivity index (χ2n) is 7.34. The van der Waals surface area contributed by atoms with Crippen molar-refractivity contribution in [3.05, 3.63) is 0 Å². The van der Waals surface area contributed by atoms with E-state index in [4.69, 9.17) is 0 Å². The van der Waals surface area contributed by atoms with Gasteiger partial charge in [0.2, 0.25) is 0 Å². The van der Waals surface area contributed by atoms with Crippen LogP contribution in [-0.4, -0.2) is 64.2 Å². The lowest BCUT2D eigenvalue weighted by atomic mass is 10.3. The van der Waals surface area contributed by atoms with Crippen molar-refractivity contribution in [2.75, 3.05) is 19.6 Å². The molecule has 22 heavy (non-hydrogen) atoms. The van der Waals surface area contributed by atoms with E-state index in [0.717, 1.165) is 0 Å². The minimum absolute atomic E-state index is 0.632.